The minimum atomic E-state index is 0.258. The summed E-state index contributed by atoms with van der Waals surface area (Å²) in [5.74, 6) is 1.53. The monoisotopic (exact) mass is 396 g/mol. The first-order valence-corrected chi connectivity index (χ1v) is 11.4. The van der Waals surface area contributed by atoms with E-state index in [-0.39, 0.29) is 6.01 Å². The summed E-state index contributed by atoms with van der Waals surface area (Å²) in [6, 6.07) is 6.80. The second-order valence-corrected chi connectivity index (χ2v) is 8.43. The van der Waals surface area contributed by atoms with Crippen molar-refractivity contribution in [3.63, 3.8) is 0 Å². The molecule has 3 rings (SSSR count). The van der Waals surface area contributed by atoms with Gasteiger partial charge in [0.1, 0.15) is 5.84 Å². The number of aromatic nitrogens is 2. The topological polar surface area (TPSA) is 77.3 Å². The van der Waals surface area contributed by atoms with E-state index in [4.69, 9.17) is 10.2 Å². The predicted octanol–water partition coefficient (Wildman–Crippen LogP) is 6.52. The molecular formula is C24H36N4O. The highest BCUT2D eigenvalue weighted by atomic mass is 16.4. The molecule has 1 heterocycles. The molecule has 0 atom stereocenters. The third-order valence-electron chi connectivity index (χ3n) is 5.74. The van der Waals surface area contributed by atoms with E-state index in [1.807, 2.05) is 0 Å². The molecule has 2 aromatic rings. The summed E-state index contributed by atoms with van der Waals surface area (Å²) in [6.45, 7) is 4.34. The van der Waals surface area contributed by atoms with E-state index in [0.29, 0.717) is 17.6 Å². The number of nitrogens with two attached hydrogens (primary N) is 1. The molecule has 0 bridgehead atoms. The van der Waals surface area contributed by atoms with Gasteiger partial charge in [0.25, 0.3) is 0 Å². The van der Waals surface area contributed by atoms with Crippen molar-refractivity contribution in [3.05, 3.63) is 29.3 Å². The average molecular weight is 397 g/mol. The number of rotatable bonds is 13. The van der Waals surface area contributed by atoms with Crippen LogP contribution in [0.15, 0.2) is 27.6 Å². The van der Waals surface area contributed by atoms with Gasteiger partial charge in [-0.15, -0.1) is 5.10 Å². The lowest BCUT2D eigenvalue weighted by Gasteiger charge is -2.06. The fraction of sp³-hybridized carbons (Fsp3) is 0.625. The van der Waals surface area contributed by atoms with Crippen LogP contribution >= 0.6 is 0 Å². The summed E-state index contributed by atoms with van der Waals surface area (Å²) in [5, 5.41) is 8.25. The highest BCUT2D eigenvalue weighted by Crippen LogP contribution is 2.31. The van der Waals surface area contributed by atoms with E-state index < -0.39 is 0 Å². The van der Waals surface area contributed by atoms with Gasteiger partial charge in [-0.3, -0.25) is 0 Å². The lowest BCUT2D eigenvalue weighted by molar-refractivity contribution is 0.564. The summed E-state index contributed by atoms with van der Waals surface area (Å²) >= 11 is 0. The minimum absolute atomic E-state index is 0.258. The predicted molar refractivity (Wildman–Crippen MR) is 119 cm³/mol. The molecule has 1 saturated carbocycles. The van der Waals surface area contributed by atoms with E-state index in [2.05, 4.69) is 47.2 Å². The highest BCUT2D eigenvalue weighted by Gasteiger charge is 2.26. The molecule has 0 spiro atoms. The number of amidine groups is 1. The average Bonchev–Trinajstić information content (AvgIpc) is 3.48. The van der Waals surface area contributed by atoms with E-state index in [9.17, 15) is 0 Å². The van der Waals surface area contributed by atoms with Crippen molar-refractivity contribution in [2.24, 2.45) is 16.6 Å². The van der Waals surface area contributed by atoms with E-state index in [0.717, 1.165) is 30.4 Å². The highest BCUT2D eigenvalue weighted by molar-refractivity contribution is 5.86. The van der Waals surface area contributed by atoms with Crippen molar-refractivity contribution in [2.45, 2.75) is 90.9 Å². The lowest BCUT2D eigenvalue weighted by Crippen LogP contribution is -2.13. The number of aryl methyl sites for hydroxylation is 2. The third-order valence-corrected chi connectivity index (χ3v) is 5.74. The van der Waals surface area contributed by atoms with E-state index >= 15 is 0 Å². The molecule has 0 unspecified atom stereocenters. The maximum Gasteiger partial charge on any atom is 0.344 e. The molecule has 0 saturated heterocycles. The molecule has 158 valence electrons. The van der Waals surface area contributed by atoms with Crippen LogP contribution in [-0.2, 0) is 6.42 Å². The van der Waals surface area contributed by atoms with Crippen LogP contribution in [0.2, 0.25) is 0 Å². The van der Waals surface area contributed by atoms with Gasteiger partial charge < -0.3 is 10.2 Å². The number of hydrogen-bond acceptors (Lipinski definition) is 4. The van der Waals surface area contributed by atoms with Gasteiger partial charge in [0.05, 0.1) is 0 Å². The molecule has 1 aromatic heterocycles. The number of hydrogen-bond donors (Lipinski definition) is 1. The summed E-state index contributed by atoms with van der Waals surface area (Å²) in [4.78, 5) is 4.27. The van der Waals surface area contributed by atoms with E-state index in [1.54, 1.807) is 0 Å². The zero-order valence-electron chi connectivity index (χ0n) is 18.1. The van der Waals surface area contributed by atoms with Gasteiger partial charge in [-0.05, 0) is 49.8 Å². The Hall–Kier alpha value is -2.17. The Morgan fingerprint density at radius 1 is 1.03 bits per heavy atom. The fourth-order valence-corrected chi connectivity index (χ4v) is 3.65. The van der Waals surface area contributed by atoms with Crippen LogP contribution in [0.25, 0.3) is 11.5 Å². The van der Waals surface area contributed by atoms with Crippen LogP contribution in [-0.4, -0.2) is 16.0 Å². The molecule has 1 aromatic carbocycles. The number of aliphatic imine (C=N–C) groups is 1. The standard InChI is InChI=1S/C24H36N4O/c1-3-4-5-6-7-8-9-10-11-12-19-14-13-18(2)21(17-19)23-27-28-24(29-23)26-22(25)20-15-16-20/h13-14,17,20H,3-12,15-16H2,1-2H3,(H2,25,26,28). The Balaban J connectivity index is 1.47. The van der Waals surface area contributed by atoms with Gasteiger partial charge in [0, 0.05) is 11.5 Å². The first-order chi connectivity index (χ1) is 14.2. The Morgan fingerprint density at radius 3 is 2.41 bits per heavy atom. The smallest absolute Gasteiger partial charge is 0.344 e. The molecule has 29 heavy (non-hydrogen) atoms. The summed E-state index contributed by atoms with van der Waals surface area (Å²) in [5.41, 5.74) is 9.41. The normalized spacial score (nSPS) is 14.5. The molecule has 0 radical (unpaired) electrons. The SMILES string of the molecule is CCCCCCCCCCCc1ccc(C)c(-c2nnc(/N=C(\N)C3CC3)o2)c1. The number of nitrogens with zero attached hydrogens (tertiary/aromatic N) is 3. The first-order valence-electron chi connectivity index (χ1n) is 11.4. The zero-order valence-corrected chi connectivity index (χ0v) is 18.1. The largest absolute Gasteiger partial charge is 0.402 e. The summed E-state index contributed by atoms with van der Waals surface area (Å²) in [7, 11) is 0. The molecule has 0 aliphatic heterocycles. The van der Waals surface area contributed by atoms with Crippen molar-refractivity contribution in [3.8, 4) is 11.5 Å². The van der Waals surface area contributed by atoms with Crippen molar-refractivity contribution < 1.29 is 4.42 Å². The van der Waals surface area contributed by atoms with Crippen molar-refractivity contribution in [2.75, 3.05) is 0 Å². The van der Waals surface area contributed by atoms with Crippen molar-refractivity contribution in [1.29, 1.82) is 0 Å². The van der Waals surface area contributed by atoms with E-state index in [1.165, 1.54) is 63.4 Å². The molecule has 1 aliphatic rings. The van der Waals surface area contributed by atoms with Gasteiger partial charge in [-0.2, -0.15) is 4.99 Å². The van der Waals surface area contributed by atoms with Crippen LogP contribution in [0, 0.1) is 12.8 Å². The molecular weight excluding hydrogens is 360 g/mol. The number of benzene rings is 1. The van der Waals surface area contributed by atoms with Crippen LogP contribution < -0.4 is 5.73 Å². The van der Waals surface area contributed by atoms with Crippen molar-refractivity contribution >= 4 is 11.9 Å². The van der Waals surface area contributed by atoms with Gasteiger partial charge >= 0.3 is 6.01 Å². The maximum absolute atomic E-state index is 5.95. The summed E-state index contributed by atoms with van der Waals surface area (Å²) in [6.07, 6.45) is 15.5. The van der Waals surface area contributed by atoms with Crippen LogP contribution in [0.4, 0.5) is 6.01 Å². The fourth-order valence-electron chi connectivity index (χ4n) is 3.65. The Bertz CT molecular complexity index is 792. The minimum Gasteiger partial charge on any atom is -0.402 e. The van der Waals surface area contributed by atoms with Gasteiger partial charge in [0.2, 0.25) is 5.89 Å². The number of unbranched alkanes of at least 4 members (excludes halogenated alkanes) is 8. The summed E-state index contributed by atoms with van der Waals surface area (Å²) < 4.78 is 5.76. The first kappa shape index (κ1) is 21.5. The molecule has 5 nitrogen and oxygen atoms in total. The Morgan fingerprint density at radius 2 is 1.72 bits per heavy atom. The van der Waals surface area contributed by atoms with Crippen LogP contribution in [0.5, 0.6) is 0 Å². The van der Waals surface area contributed by atoms with Crippen molar-refractivity contribution in [1.82, 2.24) is 10.2 Å². The second-order valence-electron chi connectivity index (χ2n) is 8.43. The molecule has 2 N–H and O–H groups in total. The second kappa shape index (κ2) is 11.1. The zero-order chi connectivity index (χ0) is 20.5. The quantitative estimate of drug-likeness (QED) is 0.237. The molecule has 1 aliphatic carbocycles. The molecule has 5 heteroatoms. The van der Waals surface area contributed by atoms with Gasteiger partial charge in [-0.25, -0.2) is 0 Å². The molecule has 0 amide bonds. The molecule has 1 fully saturated rings. The third kappa shape index (κ3) is 6.98. The van der Waals surface area contributed by atoms with Crippen LogP contribution in [0.3, 0.4) is 0 Å². The lowest BCUT2D eigenvalue weighted by atomic mass is 10.00. The van der Waals surface area contributed by atoms with Crippen LogP contribution in [0.1, 0.15) is 88.7 Å². The van der Waals surface area contributed by atoms with Gasteiger partial charge in [0.15, 0.2) is 0 Å². The Labute approximate surface area is 175 Å². The van der Waals surface area contributed by atoms with Gasteiger partial charge in [-0.1, -0.05) is 75.5 Å². The Kier molecular flexibility index (Phi) is 8.26. The maximum atomic E-state index is 5.95.